The molecule has 2 N–H and O–H groups in total. The second kappa shape index (κ2) is 11.3. The monoisotopic (exact) mass is 453 g/mol. The highest BCUT2D eigenvalue weighted by Gasteiger charge is 2.11. The van der Waals surface area contributed by atoms with E-state index in [2.05, 4.69) is 48.6 Å². The van der Waals surface area contributed by atoms with Gasteiger partial charge in [-0.25, -0.2) is 4.39 Å². The van der Waals surface area contributed by atoms with E-state index in [1.807, 2.05) is 48.5 Å². The minimum absolute atomic E-state index is 0.151. The first kappa shape index (κ1) is 23.3. The molecule has 0 spiro atoms. The summed E-state index contributed by atoms with van der Waals surface area (Å²) in [6.45, 7) is 2.60. The van der Waals surface area contributed by atoms with Crippen molar-refractivity contribution in [3.63, 3.8) is 0 Å². The molecule has 0 heterocycles. The molecule has 0 saturated carbocycles. The Morgan fingerprint density at radius 2 is 1.32 bits per heavy atom. The second-order valence-corrected chi connectivity index (χ2v) is 8.11. The van der Waals surface area contributed by atoms with Crippen molar-refractivity contribution in [2.24, 2.45) is 0 Å². The number of ether oxygens (including phenoxy) is 1. The van der Waals surface area contributed by atoms with Gasteiger partial charge in [0.15, 0.2) is 0 Å². The minimum atomic E-state index is -0.704. The third-order valence-corrected chi connectivity index (χ3v) is 5.62. The molecule has 3 nitrogen and oxygen atoms in total. The Hall–Kier alpha value is -3.89. The van der Waals surface area contributed by atoms with Gasteiger partial charge in [-0.3, -0.25) is 0 Å². The van der Waals surface area contributed by atoms with Gasteiger partial charge in [0, 0.05) is 12.2 Å². The molecule has 4 aromatic rings. The number of aliphatic hydroxyl groups is 1. The van der Waals surface area contributed by atoms with Crippen molar-refractivity contribution in [2.75, 3.05) is 18.5 Å². The van der Waals surface area contributed by atoms with E-state index >= 15 is 0 Å². The number of aliphatic hydroxyl groups excluding tert-OH is 1. The predicted octanol–water partition coefficient (Wildman–Crippen LogP) is 6.66. The fourth-order valence-electron chi connectivity index (χ4n) is 3.81. The summed E-state index contributed by atoms with van der Waals surface area (Å²) in [5.41, 5.74) is 6.54. The lowest BCUT2D eigenvalue weighted by Crippen LogP contribution is -2.26. The van der Waals surface area contributed by atoms with Gasteiger partial charge in [0.1, 0.15) is 24.3 Å². The molecular formula is C30H28FNO2. The molecule has 0 aromatic heterocycles. The van der Waals surface area contributed by atoms with E-state index in [-0.39, 0.29) is 12.4 Å². The maximum Gasteiger partial charge on any atom is 0.123 e. The van der Waals surface area contributed by atoms with Crippen molar-refractivity contribution in [1.29, 1.82) is 0 Å². The van der Waals surface area contributed by atoms with Crippen molar-refractivity contribution < 1.29 is 14.2 Å². The quantitative estimate of drug-likeness (QED) is 0.279. The van der Waals surface area contributed by atoms with Crippen LogP contribution in [-0.4, -0.2) is 24.4 Å². The highest BCUT2D eigenvalue weighted by Crippen LogP contribution is 2.32. The van der Waals surface area contributed by atoms with Gasteiger partial charge in [-0.1, -0.05) is 72.8 Å². The molecule has 4 rings (SSSR count). The van der Waals surface area contributed by atoms with Gasteiger partial charge in [0.2, 0.25) is 0 Å². The second-order valence-electron chi connectivity index (χ2n) is 8.11. The molecular weight excluding hydrogens is 425 g/mol. The van der Waals surface area contributed by atoms with Gasteiger partial charge in [0.25, 0.3) is 0 Å². The molecule has 0 amide bonds. The van der Waals surface area contributed by atoms with Crippen LogP contribution in [0.3, 0.4) is 0 Å². The zero-order valence-electron chi connectivity index (χ0n) is 19.1. The molecule has 1 unspecified atom stereocenters. The lowest BCUT2D eigenvalue weighted by atomic mass is 9.90. The van der Waals surface area contributed by atoms with Crippen LogP contribution >= 0.6 is 0 Å². The fraction of sp³-hybridized carbons (Fsp3) is 0.133. The Bertz CT molecular complexity index is 1200. The van der Waals surface area contributed by atoms with Gasteiger partial charge < -0.3 is 15.2 Å². The number of hydrogen-bond acceptors (Lipinski definition) is 3. The lowest BCUT2D eigenvalue weighted by molar-refractivity contribution is 0.117. The Labute approximate surface area is 200 Å². The number of anilines is 1. The molecule has 4 heteroatoms. The van der Waals surface area contributed by atoms with Crippen LogP contribution < -0.4 is 10.1 Å². The third kappa shape index (κ3) is 6.12. The van der Waals surface area contributed by atoms with Gasteiger partial charge in [0.05, 0.1) is 0 Å². The topological polar surface area (TPSA) is 41.5 Å². The summed E-state index contributed by atoms with van der Waals surface area (Å²) >= 11 is 0. The Kier molecular flexibility index (Phi) is 7.74. The van der Waals surface area contributed by atoms with E-state index in [0.717, 1.165) is 16.8 Å². The van der Waals surface area contributed by atoms with E-state index in [9.17, 15) is 9.50 Å². The number of halogens is 1. The van der Waals surface area contributed by atoms with Crippen LogP contribution in [-0.2, 0) is 0 Å². The highest BCUT2D eigenvalue weighted by molar-refractivity contribution is 5.97. The van der Waals surface area contributed by atoms with Crippen LogP contribution in [0.15, 0.2) is 109 Å². The molecule has 0 bridgehead atoms. The molecule has 1 atom stereocenters. The predicted molar refractivity (Wildman–Crippen MR) is 137 cm³/mol. The zero-order chi connectivity index (χ0) is 23.8. The molecule has 0 aliphatic carbocycles. The zero-order valence-corrected chi connectivity index (χ0v) is 19.1. The summed E-state index contributed by atoms with van der Waals surface area (Å²) in [7, 11) is 0. The maximum absolute atomic E-state index is 13.0. The average molecular weight is 454 g/mol. The van der Waals surface area contributed by atoms with E-state index in [1.165, 1.54) is 28.8 Å². The summed E-state index contributed by atoms with van der Waals surface area (Å²) in [6.07, 6.45) is -0.704. The molecule has 172 valence electrons. The molecule has 0 fully saturated rings. The number of allylic oxidation sites excluding steroid dienone is 1. The Morgan fingerprint density at radius 1 is 0.765 bits per heavy atom. The maximum atomic E-state index is 13.0. The Morgan fingerprint density at radius 3 is 1.94 bits per heavy atom. The normalized spacial score (nSPS) is 12.6. The van der Waals surface area contributed by atoms with Crippen molar-refractivity contribution in [1.82, 2.24) is 0 Å². The first-order valence-corrected chi connectivity index (χ1v) is 11.3. The summed E-state index contributed by atoms with van der Waals surface area (Å²) in [5.74, 6) is 0.400. The van der Waals surface area contributed by atoms with Gasteiger partial charge in [-0.15, -0.1) is 0 Å². The number of nitrogens with one attached hydrogen (secondary N) is 1. The average Bonchev–Trinajstić information content (AvgIpc) is 2.89. The first-order chi connectivity index (χ1) is 16.6. The molecule has 0 aliphatic heterocycles. The van der Waals surface area contributed by atoms with Crippen molar-refractivity contribution in [3.05, 3.63) is 132 Å². The van der Waals surface area contributed by atoms with E-state index < -0.39 is 6.10 Å². The van der Waals surface area contributed by atoms with Crippen molar-refractivity contribution in [3.8, 4) is 5.75 Å². The Balaban J connectivity index is 1.45. The summed E-state index contributed by atoms with van der Waals surface area (Å²) in [4.78, 5) is 0. The molecule has 0 radical (unpaired) electrons. The number of rotatable bonds is 9. The molecule has 0 aliphatic rings. The number of benzene rings is 4. The van der Waals surface area contributed by atoms with Crippen LogP contribution in [0.25, 0.3) is 11.1 Å². The fourth-order valence-corrected chi connectivity index (χ4v) is 3.81. The minimum Gasteiger partial charge on any atom is -0.491 e. The van der Waals surface area contributed by atoms with Crippen molar-refractivity contribution >= 4 is 16.8 Å². The molecule has 34 heavy (non-hydrogen) atoms. The molecule has 0 saturated heterocycles. The standard InChI is InChI=1S/C30H28FNO2/c1-22(23-8-4-2-5-9-23)30(24-10-6-3-7-11-24)25-12-18-29(19-13-25)34-21-28(33)20-32-27-16-14-26(31)15-17-27/h2-19,28,32-33H,20-21H2,1H3/b30-22+. The van der Waals surface area contributed by atoms with Crippen LogP contribution in [0, 0.1) is 5.82 Å². The van der Waals surface area contributed by atoms with Gasteiger partial charge in [-0.2, -0.15) is 0 Å². The summed E-state index contributed by atoms with van der Waals surface area (Å²) < 4.78 is 18.8. The van der Waals surface area contributed by atoms with Crippen molar-refractivity contribution in [2.45, 2.75) is 13.0 Å². The van der Waals surface area contributed by atoms with E-state index in [4.69, 9.17) is 4.74 Å². The summed E-state index contributed by atoms with van der Waals surface area (Å²) in [5, 5.41) is 13.3. The van der Waals surface area contributed by atoms with Gasteiger partial charge >= 0.3 is 0 Å². The summed E-state index contributed by atoms with van der Waals surface area (Å²) in [6, 6.07) is 34.7. The number of hydrogen-bond donors (Lipinski definition) is 2. The smallest absolute Gasteiger partial charge is 0.123 e. The SMILES string of the molecule is C/C(=C(/c1ccccc1)c1ccc(OCC(O)CNc2ccc(F)cc2)cc1)c1ccccc1. The van der Waals surface area contributed by atoms with Crippen LogP contribution in [0.5, 0.6) is 5.75 Å². The van der Waals surface area contributed by atoms with Crippen LogP contribution in [0.2, 0.25) is 0 Å². The highest BCUT2D eigenvalue weighted by atomic mass is 19.1. The largest absolute Gasteiger partial charge is 0.491 e. The van der Waals surface area contributed by atoms with E-state index in [1.54, 1.807) is 12.1 Å². The first-order valence-electron chi connectivity index (χ1n) is 11.3. The van der Waals surface area contributed by atoms with Gasteiger partial charge in [-0.05, 0) is 71.2 Å². The van der Waals surface area contributed by atoms with E-state index in [0.29, 0.717) is 12.3 Å². The molecule has 4 aromatic carbocycles. The lowest BCUT2D eigenvalue weighted by Gasteiger charge is -2.16. The van der Waals surface area contributed by atoms with Crippen LogP contribution in [0.4, 0.5) is 10.1 Å². The van der Waals surface area contributed by atoms with Crippen LogP contribution in [0.1, 0.15) is 23.6 Å². The third-order valence-electron chi connectivity index (χ3n) is 5.62.